The second-order valence-electron chi connectivity index (χ2n) is 6.69. The number of aromatic nitrogens is 1. The van der Waals surface area contributed by atoms with Gasteiger partial charge in [0.15, 0.2) is 0 Å². The Morgan fingerprint density at radius 2 is 2.00 bits per heavy atom. The van der Waals surface area contributed by atoms with Crippen molar-refractivity contribution in [2.45, 2.75) is 38.6 Å². The number of fused-ring (bicyclic) bond motifs is 1. The molecule has 1 aliphatic heterocycles. The lowest BCUT2D eigenvalue weighted by molar-refractivity contribution is -0.127. The summed E-state index contributed by atoms with van der Waals surface area (Å²) in [6.45, 7) is 5.80. The summed E-state index contributed by atoms with van der Waals surface area (Å²) in [7, 11) is 0. The molecule has 0 spiro atoms. The molecular formula is C19H21N3O2. The second-order valence-corrected chi connectivity index (χ2v) is 6.69. The molecule has 24 heavy (non-hydrogen) atoms. The largest absolute Gasteiger partial charge is 0.347 e. The number of rotatable bonds is 3. The Morgan fingerprint density at radius 3 is 2.71 bits per heavy atom. The van der Waals surface area contributed by atoms with Crippen LogP contribution in [0.1, 0.15) is 43.0 Å². The first-order valence-corrected chi connectivity index (χ1v) is 8.01. The number of pyridine rings is 1. The van der Waals surface area contributed by atoms with E-state index in [2.05, 4.69) is 15.6 Å². The van der Waals surface area contributed by atoms with Crippen LogP contribution in [0.25, 0.3) is 0 Å². The van der Waals surface area contributed by atoms with Crippen molar-refractivity contribution in [2.24, 2.45) is 0 Å². The fraction of sp³-hybridized carbons (Fsp3) is 0.316. The van der Waals surface area contributed by atoms with Crippen LogP contribution in [-0.4, -0.2) is 16.8 Å². The Bertz CT molecular complexity index is 781. The molecule has 1 unspecified atom stereocenters. The zero-order valence-corrected chi connectivity index (χ0v) is 14.1. The molecule has 2 amide bonds. The van der Waals surface area contributed by atoms with Crippen molar-refractivity contribution in [1.82, 2.24) is 10.3 Å². The minimum atomic E-state index is -0.569. The monoisotopic (exact) mass is 323 g/mol. The average molecular weight is 323 g/mol. The van der Waals surface area contributed by atoms with Gasteiger partial charge in [-0.2, -0.15) is 0 Å². The molecule has 0 bridgehead atoms. The van der Waals surface area contributed by atoms with E-state index < -0.39 is 11.5 Å². The molecule has 5 nitrogen and oxygen atoms in total. The van der Waals surface area contributed by atoms with Gasteiger partial charge in [-0.15, -0.1) is 0 Å². The lowest BCUT2D eigenvalue weighted by Crippen LogP contribution is -2.45. The molecule has 0 fully saturated rings. The summed E-state index contributed by atoms with van der Waals surface area (Å²) in [5, 5.41) is 5.88. The number of benzene rings is 1. The number of anilines is 1. The first kappa shape index (κ1) is 16.2. The van der Waals surface area contributed by atoms with Crippen LogP contribution >= 0.6 is 0 Å². The van der Waals surface area contributed by atoms with E-state index >= 15 is 0 Å². The van der Waals surface area contributed by atoms with Crippen molar-refractivity contribution in [3.8, 4) is 0 Å². The first-order valence-electron chi connectivity index (χ1n) is 8.01. The SMILES string of the molecule is Cc1ccc(C(C)(C)NC(=O)C2CC(=O)Nc3ccccc32)cn1. The number of nitrogens with one attached hydrogen (secondary N) is 2. The Balaban J connectivity index is 1.84. The van der Waals surface area contributed by atoms with Crippen LogP contribution < -0.4 is 10.6 Å². The molecule has 124 valence electrons. The van der Waals surface area contributed by atoms with Crippen molar-refractivity contribution in [3.05, 3.63) is 59.4 Å². The fourth-order valence-corrected chi connectivity index (χ4v) is 2.95. The van der Waals surface area contributed by atoms with Crippen LogP contribution in [0.2, 0.25) is 0 Å². The lowest BCUT2D eigenvalue weighted by Gasteiger charge is -2.31. The molecule has 0 radical (unpaired) electrons. The minimum absolute atomic E-state index is 0.136. The maximum atomic E-state index is 12.9. The van der Waals surface area contributed by atoms with Crippen molar-refractivity contribution in [1.29, 1.82) is 0 Å². The predicted molar refractivity (Wildman–Crippen MR) is 92.6 cm³/mol. The zero-order valence-electron chi connectivity index (χ0n) is 14.1. The van der Waals surface area contributed by atoms with Gasteiger partial charge in [0.05, 0.1) is 11.5 Å². The van der Waals surface area contributed by atoms with Crippen molar-refractivity contribution in [2.75, 3.05) is 5.32 Å². The minimum Gasteiger partial charge on any atom is -0.347 e. The van der Waals surface area contributed by atoms with Crippen LogP contribution in [0.15, 0.2) is 42.6 Å². The smallest absolute Gasteiger partial charge is 0.228 e. The number of para-hydroxylation sites is 1. The lowest BCUT2D eigenvalue weighted by atomic mass is 9.88. The van der Waals surface area contributed by atoms with Gasteiger partial charge in [0.1, 0.15) is 0 Å². The topological polar surface area (TPSA) is 71.1 Å². The van der Waals surface area contributed by atoms with Crippen LogP contribution in [0.3, 0.4) is 0 Å². The third-order valence-electron chi connectivity index (χ3n) is 4.39. The van der Waals surface area contributed by atoms with E-state index in [0.717, 1.165) is 16.8 Å². The van der Waals surface area contributed by atoms with Crippen LogP contribution in [0, 0.1) is 6.92 Å². The molecule has 1 aromatic heterocycles. The summed E-state index contributed by atoms with van der Waals surface area (Å²) in [5.41, 5.74) is 2.85. The molecule has 1 aromatic carbocycles. The molecule has 2 aromatic rings. The molecule has 1 aliphatic rings. The fourth-order valence-electron chi connectivity index (χ4n) is 2.95. The standard InChI is InChI=1S/C19H21N3O2/c1-12-8-9-13(11-20-12)19(2,3)22-18(24)15-10-17(23)21-16-7-5-4-6-14(15)16/h4-9,11,15H,10H2,1-3H3,(H,21,23)(H,22,24). The van der Waals surface area contributed by atoms with Crippen LogP contribution in [0.4, 0.5) is 5.69 Å². The van der Waals surface area contributed by atoms with Gasteiger partial charge in [-0.05, 0) is 44.0 Å². The molecule has 1 atom stereocenters. The summed E-state index contributed by atoms with van der Waals surface area (Å²) in [6.07, 6.45) is 1.93. The van der Waals surface area contributed by atoms with Gasteiger partial charge < -0.3 is 10.6 Å². The summed E-state index contributed by atoms with van der Waals surface area (Å²) in [4.78, 5) is 29.1. The maximum Gasteiger partial charge on any atom is 0.228 e. The van der Waals surface area contributed by atoms with E-state index in [9.17, 15) is 9.59 Å². The van der Waals surface area contributed by atoms with Gasteiger partial charge in [0.25, 0.3) is 0 Å². The van der Waals surface area contributed by atoms with E-state index in [0.29, 0.717) is 5.69 Å². The molecule has 3 rings (SSSR count). The van der Waals surface area contributed by atoms with Crippen LogP contribution in [0.5, 0.6) is 0 Å². The van der Waals surface area contributed by atoms with E-state index in [1.54, 1.807) is 6.20 Å². The second kappa shape index (κ2) is 6.07. The summed E-state index contributed by atoms with van der Waals surface area (Å²) < 4.78 is 0. The highest BCUT2D eigenvalue weighted by molar-refractivity contribution is 6.01. The number of hydrogen-bond donors (Lipinski definition) is 2. The maximum absolute atomic E-state index is 12.9. The highest BCUT2D eigenvalue weighted by atomic mass is 16.2. The van der Waals surface area contributed by atoms with Gasteiger partial charge in [-0.3, -0.25) is 14.6 Å². The third-order valence-corrected chi connectivity index (χ3v) is 4.39. The molecule has 2 N–H and O–H groups in total. The molecule has 5 heteroatoms. The summed E-state index contributed by atoms with van der Waals surface area (Å²) >= 11 is 0. The summed E-state index contributed by atoms with van der Waals surface area (Å²) in [5.74, 6) is -0.765. The number of carbonyl (C=O) groups is 2. The van der Waals surface area contributed by atoms with E-state index in [4.69, 9.17) is 0 Å². The quantitative estimate of drug-likeness (QED) is 0.912. The zero-order chi connectivity index (χ0) is 17.3. The van der Waals surface area contributed by atoms with Gasteiger partial charge in [0.2, 0.25) is 11.8 Å². The normalized spacial score (nSPS) is 17.0. The van der Waals surface area contributed by atoms with Gasteiger partial charge in [-0.25, -0.2) is 0 Å². The van der Waals surface area contributed by atoms with E-state index in [-0.39, 0.29) is 18.2 Å². The van der Waals surface area contributed by atoms with Crippen molar-refractivity contribution in [3.63, 3.8) is 0 Å². The van der Waals surface area contributed by atoms with Crippen molar-refractivity contribution >= 4 is 17.5 Å². The first-order chi connectivity index (χ1) is 11.4. The Labute approximate surface area is 141 Å². The van der Waals surface area contributed by atoms with Crippen LogP contribution in [-0.2, 0) is 15.1 Å². The van der Waals surface area contributed by atoms with E-state index in [1.807, 2.05) is 57.2 Å². The molecular weight excluding hydrogens is 302 g/mol. The highest BCUT2D eigenvalue weighted by Crippen LogP contribution is 2.33. The number of nitrogens with zero attached hydrogens (tertiary/aromatic N) is 1. The average Bonchev–Trinajstić information content (AvgIpc) is 2.54. The Morgan fingerprint density at radius 1 is 1.25 bits per heavy atom. The molecule has 0 saturated heterocycles. The molecule has 2 heterocycles. The third kappa shape index (κ3) is 3.15. The number of hydrogen-bond acceptors (Lipinski definition) is 3. The summed E-state index contributed by atoms with van der Waals surface area (Å²) in [6, 6.07) is 11.3. The Hall–Kier alpha value is -2.69. The van der Waals surface area contributed by atoms with Crippen molar-refractivity contribution < 1.29 is 9.59 Å². The van der Waals surface area contributed by atoms with Gasteiger partial charge in [-0.1, -0.05) is 24.3 Å². The number of amides is 2. The number of aryl methyl sites for hydroxylation is 1. The molecule has 0 saturated carbocycles. The Kier molecular flexibility index (Phi) is 4.09. The van der Waals surface area contributed by atoms with Gasteiger partial charge in [0, 0.05) is 24.0 Å². The van der Waals surface area contributed by atoms with E-state index in [1.165, 1.54) is 0 Å². The molecule has 0 aliphatic carbocycles. The van der Waals surface area contributed by atoms with Gasteiger partial charge >= 0.3 is 0 Å². The number of carbonyl (C=O) groups excluding carboxylic acids is 2. The predicted octanol–water partition coefficient (Wildman–Crippen LogP) is 2.87. The highest BCUT2D eigenvalue weighted by Gasteiger charge is 2.33.